The van der Waals surface area contributed by atoms with Crippen molar-refractivity contribution in [1.29, 1.82) is 0 Å². The second-order valence-electron chi connectivity index (χ2n) is 15.2. The molecule has 2 atom stereocenters. The molecule has 2 N–H and O–H groups in total. The molecule has 0 spiro atoms. The van der Waals surface area contributed by atoms with E-state index in [1.54, 1.807) is 0 Å². The lowest BCUT2D eigenvalue weighted by molar-refractivity contribution is -0.161. The molecule has 56 heavy (non-hydrogen) atoms. The van der Waals surface area contributed by atoms with Gasteiger partial charge in [0, 0.05) is 25.8 Å². The molecule has 0 saturated carbocycles. The van der Waals surface area contributed by atoms with E-state index in [4.69, 9.17) is 18.5 Å². The predicted molar refractivity (Wildman–Crippen MR) is 229 cm³/mol. The van der Waals surface area contributed by atoms with Gasteiger partial charge in [-0.15, -0.1) is 0 Å². The SMILES string of the molecule is CCCCCCCCC=CCCCCCCCC(=O)OCC(COP(=O)(O)OCCNC(=O)CCC)OC(=O)CCCCCCCC=CCCCCCCCC. The smallest absolute Gasteiger partial charge is 0.462 e. The number of allylic oxidation sites excluding steroid dienone is 4. The molecular formula is C45H84NO9P. The summed E-state index contributed by atoms with van der Waals surface area (Å²) < 4.78 is 33.4. The molecule has 0 aliphatic rings. The third-order valence-corrected chi connectivity index (χ3v) is 10.6. The first kappa shape index (κ1) is 54.0. The zero-order valence-corrected chi connectivity index (χ0v) is 37.0. The number of esters is 2. The Bertz CT molecular complexity index is 1040. The van der Waals surface area contributed by atoms with E-state index in [9.17, 15) is 23.8 Å². The Morgan fingerprint density at radius 1 is 0.536 bits per heavy atom. The van der Waals surface area contributed by atoms with Gasteiger partial charge in [-0.05, 0) is 70.6 Å². The van der Waals surface area contributed by atoms with Crippen LogP contribution in [0.2, 0.25) is 0 Å². The van der Waals surface area contributed by atoms with E-state index in [0.717, 1.165) is 64.2 Å². The molecule has 0 rings (SSSR count). The van der Waals surface area contributed by atoms with Gasteiger partial charge in [-0.25, -0.2) is 4.57 Å². The minimum atomic E-state index is -4.50. The number of carbonyl (C=O) groups excluding carboxylic acids is 3. The summed E-state index contributed by atoms with van der Waals surface area (Å²) in [7, 11) is -4.50. The number of ether oxygens (including phenoxy) is 2. The third-order valence-electron chi connectivity index (χ3n) is 9.59. The van der Waals surface area contributed by atoms with Crippen LogP contribution in [0.1, 0.15) is 213 Å². The minimum Gasteiger partial charge on any atom is -0.462 e. The fraction of sp³-hybridized carbons (Fsp3) is 0.844. The average molecular weight is 814 g/mol. The Morgan fingerprint density at radius 2 is 0.964 bits per heavy atom. The van der Waals surface area contributed by atoms with E-state index in [1.807, 2.05) is 6.92 Å². The number of nitrogens with one attached hydrogen (secondary N) is 1. The van der Waals surface area contributed by atoms with E-state index >= 15 is 0 Å². The summed E-state index contributed by atoms with van der Waals surface area (Å²) in [6.45, 7) is 5.43. The van der Waals surface area contributed by atoms with Crippen molar-refractivity contribution >= 4 is 25.7 Å². The fourth-order valence-corrected chi connectivity index (χ4v) is 6.93. The van der Waals surface area contributed by atoms with E-state index in [2.05, 4.69) is 43.5 Å². The summed E-state index contributed by atoms with van der Waals surface area (Å²) in [6, 6.07) is 0. The molecule has 0 heterocycles. The second kappa shape index (κ2) is 41.2. The number of phosphoric acid groups is 1. The van der Waals surface area contributed by atoms with Crippen LogP contribution < -0.4 is 5.32 Å². The summed E-state index contributed by atoms with van der Waals surface area (Å²) in [6.07, 6.45) is 39.8. The minimum absolute atomic E-state index is 0.0507. The van der Waals surface area contributed by atoms with Crippen molar-refractivity contribution < 1.29 is 42.4 Å². The first-order valence-electron chi connectivity index (χ1n) is 22.8. The van der Waals surface area contributed by atoms with E-state index in [0.29, 0.717) is 25.7 Å². The van der Waals surface area contributed by atoms with Crippen molar-refractivity contribution in [2.45, 2.75) is 219 Å². The first-order valence-corrected chi connectivity index (χ1v) is 24.3. The van der Waals surface area contributed by atoms with Crippen LogP contribution in [-0.4, -0.2) is 55.2 Å². The van der Waals surface area contributed by atoms with Crippen LogP contribution in [0.5, 0.6) is 0 Å². The maximum atomic E-state index is 12.7. The molecule has 0 saturated heterocycles. The van der Waals surface area contributed by atoms with Crippen molar-refractivity contribution in [2.75, 3.05) is 26.4 Å². The molecule has 328 valence electrons. The lowest BCUT2D eigenvalue weighted by Crippen LogP contribution is -2.30. The van der Waals surface area contributed by atoms with Gasteiger partial charge in [0.15, 0.2) is 6.10 Å². The van der Waals surface area contributed by atoms with Crippen LogP contribution >= 0.6 is 7.82 Å². The summed E-state index contributed by atoms with van der Waals surface area (Å²) in [5.74, 6) is -1.06. The first-order chi connectivity index (χ1) is 27.2. The Labute approximate surface area is 342 Å². The molecule has 0 fully saturated rings. The summed E-state index contributed by atoms with van der Waals surface area (Å²) in [5, 5.41) is 2.60. The van der Waals surface area contributed by atoms with Gasteiger partial charge in [0.2, 0.25) is 5.91 Å². The Balaban J connectivity index is 4.45. The van der Waals surface area contributed by atoms with Crippen LogP contribution in [0, 0.1) is 0 Å². The standard InChI is InChI=1S/C45H84NO9P/c1-4-7-9-11-13-15-17-19-21-23-25-27-29-31-33-36-44(48)52-40-42(41-54-56(50,51)53-39-38-46-43(47)35-6-3)55-45(49)37-34-32-30-28-26-24-22-20-18-16-14-12-10-8-5-2/h19-22,42H,4-18,23-41H2,1-3H3,(H,46,47)(H,50,51). The molecule has 0 aliphatic carbocycles. The van der Waals surface area contributed by atoms with Crippen molar-refractivity contribution in [1.82, 2.24) is 5.32 Å². The monoisotopic (exact) mass is 814 g/mol. The predicted octanol–water partition coefficient (Wildman–Crippen LogP) is 12.6. The quantitative estimate of drug-likeness (QED) is 0.0267. The Hall–Kier alpha value is -2.00. The zero-order chi connectivity index (χ0) is 41.2. The molecule has 0 aromatic rings. The highest BCUT2D eigenvalue weighted by atomic mass is 31.2. The van der Waals surface area contributed by atoms with Gasteiger partial charge in [0.25, 0.3) is 0 Å². The maximum Gasteiger partial charge on any atom is 0.472 e. The van der Waals surface area contributed by atoms with Gasteiger partial charge < -0.3 is 19.7 Å². The van der Waals surface area contributed by atoms with Gasteiger partial charge >= 0.3 is 19.8 Å². The summed E-state index contributed by atoms with van der Waals surface area (Å²) >= 11 is 0. The van der Waals surface area contributed by atoms with Crippen LogP contribution in [0.15, 0.2) is 24.3 Å². The molecule has 0 aliphatic heterocycles. The number of amides is 1. The molecular weight excluding hydrogens is 729 g/mol. The van der Waals surface area contributed by atoms with Gasteiger partial charge in [0.05, 0.1) is 13.2 Å². The van der Waals surface area contributed by atoms with Crippen LogP contribution in [0.4, 0.5) is 0 Å². The molecule has 0 bridgehead atoms. The molecule has 2 unspecified atom stereocenters. The molecule has 0 aromatic heterocycles. The van der Waals surface area contributed by atoms with Gasteiger partial charge in [-0.3, -0.25) is 23.4 Å². The molecule has 0 aromatic carbocycles. The topological polar surface area (TPSA) is 137 Å². The molecule has 10 nitrogen and oxygen atoms in total. The van der Waals surface area contributed by atoms with Crippen molar-refractivity contribution in [3.8, 4) is 0 Å². The number of phosphoric ester groups is 1. The molecule has 1 amide bonds. The highest BCUT2D eigenvalue weighted by molar-refractivity contribution is 7.47. The Kier molecular flexibility index (Phi) is 39.7. The van der Waals surface area contributed by atoms with Gasteiger partial charge in [0.1, 0.15) is 6.61 Å². The normalized spacial score (nSPS) is 13.3. The van der Waals surface area contributed by atoms with Crippen molar-refractivity contribution in [2.24, 2.45) is 0 Å². The maximum absolute atomic E-state index is 12.7. The van der Waals surface area contributed by atoms with Crippen molar-refractivity contribution in [3.63, 3.8) is 0 Å². The lowest BCUT2D eigenvalue weighted by atomic mass is 10.1. The van der Waals surface area contributed by atoms with Crippen LogP contribution in [-0.2, 0) is 37.5 Å². The number of hydrogen-bond acceptors (Lipinski definition) is 8. The number of unbranched alkanes of at least 4 members (excludes halogenated alkanes) is 22. The molecule has 0 radical (unpaired) electrons. The summed E-state index contributed by atoms with van der Waals surface area (Å²) in [4.78, 5) is 46.9. The zero-order valence-electron chi connectivity index (χ0n) is 36.1. The Morgan fingerprint density at radius 3 is 1.43 bits per heavy atom. The highest BCUT2D eigenvalue weighted by Crippen LogP contribution is 2.43. The third kappa shape index (κ3) is 40.2. The average Bonchev–Trinajstić information content (AvgIpc) is 3.17. The number of hydrogen-bond donors (Lipinski definition) is 2. The molecule has 11 heteroatoms. The number of rotatable bonds is 42. The van der Waals surface area contributed by atoms with E-state index < -0.39 is 32.5 Å². The van der Waals surface area contributed by atoms with Crippen LogP contribution in [0.25, 0.3) is 0 Å². The lowest BCUT2D eigenvalue weighted by Gasteiger charge is -2.20. The number of carbonyl (C=O) groups is 3. The fourth-order valence-electron chi connectivity index (χ4n) is 6.18. The summed E-state index contributed by atoms with van der Waals surface area (Å²) in [5.41, 5.74) is 0. The van der Waals surface area contributed by atoms with E-state index in [1.165, 1.54) is 89.9 Å². The highest BCUT2D eigenvalue weighted by Gasteiger charge is 2.26. The van der Waals surface area contributed by atoms with Crippen LogP contribution in [0.3, 0.4) is 0 Å². The second-order valence-corrected chi connectivity index (χ2v) is 16.6. The van der Waals surface area contributed by atoms with E-state index in [-0.39, 0.29) is 38.5 Å². The van der Waals surface area contributed by atoms with Crippen molar-refractivity contribution in [3.05, 3.63) is 24.3 Å². The van der Waals surface area contributed by atoms with Gasteiger partial charge in [-0.1, -0.05) is 148 Å². The van der Waals surface area contributed by atoms with Gasteiger partial charge in [-0.2, -0.15) is 0 Å². The largest absolute Gasteiger partial charge is 0.472 e.